The number of nitrogens with zero attached hydrogens (tertiary/aromatic N) is 1. The number of rotatable bonds is 6. The topological polar surface area (TPSA) is 46.6 Å². The SMILES string of the molecule is COC(=O)CN(C)C(=O)c1ccc(CCC(C)C)cc1. The number of benzene rings is 1. The number of hydrogen-bond donors (Lipinski definition) is 0. The summed E-state index contributed by atoms with van der Waals surface area (Å²) < 4.78 is 4.55. The Balaban J connectivity index is 2.63. The third kappa shape index (κ3) is 5.03. The molecule has 0 saturated carbocycles. The van der Waals surface area contributed by atoms with Crippen LogP contribution in [0.4, 0.5) is 0 Å². The first kappa shape index (κ1) is 16.2. The zero-order chi connectivity index (χ0) is 15.1. The number of carbonyl (C=O) groups excluding carboxylic acids is 2. The summed E-state index contributed by atoms with van der Waals surface area (Å²) in [5.74, 6) is 0.0720. The van der Waals surface area contributed by atoms with Crippen LogP contribution in [0.1, 0.15) is 36.2 Å². The smallest absolute Gasteiger partial charge is 0.325 e. The Morgan fingerprint density at radius 1 is 1.20 bits per heavy atom. The summed E-state index contributed by atoms with van der Waals surface area (Å²) in [4.78, 5) is 24.6. The molecule has 0 bridgehead atoms. The van der Waals surface area contributed by atoms with Crippen molar-refractivity contribution in [3.05, 3.63) is 35.4 Å². The molecule has 0 spiro atoms. The summed E-state index contributed by atoms with van der Waals surface area (Å²) in [7, 11) is 2.90. The molecule has 1 rings (SSSR count). The van der Waals surface area contributed by atoms with Gasteiger partial charge in [0.25, 0.3) is 5.91 Å². The molecule has 0 radical (unpaired) electrons. The Labute approximate surface area is 120 Å². The lowest BCUT2D eigenvalue weighted by Gasteiger charge is -2.15. The van der Waals surface area contributed by atoms with Crippen molar-refractivity contribution in [2.75, 3.05) is 20.7 Å². The van der Waals surface area contributed by atoms with Gasteiger partial charge in [0.05, 0.1) is 7.11 Å². The largest absolute Gasteiger partial charge is 0.468 e. The lowest BCUT2D eigenvalue weighted by Crippen LogP contribution is -2.32. The van der Waals surface area contributed by atoms with Gasteiger partial charge in [0, 0.05) is 12.6 Å². The van der Waals surface area contributed by atoms with Crippen LogP contribution in [0.2, 0.25) is 0 Å². The third-order valence-corrected chi connectivity index (χ3v) is 3.15. The van der Waals surface area contributed by atoms with Crippen molar-refractivity contribution in [1.29, 1.82) is 0 Å². The van der Waals surface area contributed by atoms with Crippen molar-refractivity contribution >= 4 is 11.9 Å². The van der Waals surface area contributed by atoms with E-state index in [2.05, 4.69) is 18.6 Å². The molecule has 0 heterocycles. The molecule has 0 aromatic heterocycles. The van der Waals surface area contributed by atoms with Gasteiger partial charge >= 0.3 is 5.97 Å². The number of likely N-dealkylation sites (N-methyl/N-ethyl adjacent to an activating group) is 1. The quantitative estimate of drug-likeness (QED) is 0.751. The average Bonchev–Trinajstić information content (AvgIpc) is 2.44. The average molecular weight is 277 g/mol. The van der Waals surface area contributed by atoms with Gasteiger partial charge in [0.15, 0.2) is 0 Å². The van der Waals surface area contributed by atoms with Crippen LogP contribution < -0.4 is 0 Å². The van der Waals surface area contributed by atoms with E-state index >= 15 is 0 Å². The van der Waals surface area contributed by atoms with Gasteiger partial charge < -0.3 is 9.64 Å². The van der Waals surface area contributed by atoms with Crippen molar-refractivity contribution in [3.8, 4) is 0 Å². The lowest BCUT2D eigenvalue weighted by atomic mass is 10.0. The standard InChI is InChI=1S/C16H23NO3/c1-12(2)5-6-13-7-9-14(10-8-13)16(19)17(3)11-15(18)20-4/h7-10,12H,5-6,11H2,1-4H3. The lowest BCUT2D eigenvalue weighted by molar-refractivity contribution is -0.141. The van der Waals surface area contributed by atoms with Crippen molar-refractivity contribution in [1.82, 2.24) is 4.90 Å². The van der Waals surface area contributed by atoms with E-state index in [4.69, 9.17) is 0 Å². The number of hydrogen-bond acceptors (Lipinski definition) is 3. The van der Waals surface area contributed by atoms with Crippen LogP contribution in [0.15, 0.2) is 24.3 Å². The van der Waals surface area contributed by atoms with Crippen LogP contribution in [-0.2, 0) is 16.0 Å². The van der Waals surface area contributed by atoms with Gasteiger partial charge in [-0.1, -0.05) is 26.0 Å². The van der Waals surface area contributed by atoms with Crippen LogP contribution in [-0.4, -0.2) is 37.5 Å². The molecule has 1 aromatic carbocycles. The van der Waals surface area contributed by atoms with E-state index in [1.807, 2.05) is 24.3 Å². The molecule has 0 N–H and O–H groups in total. The van der Waals surface area contributed by atoms with E-state index < -0.39 is 5.97 Å². The minimum atomic E-state index is -0.422. The molecular formula is C16H23NO3. The van der Waals surface area contributed by atoms with E-state index in [0.717, 1.165) is 12.8 Å². The second-order valence-electron chi connectivity index (χ2n) is 5.37. The van der Waals surface area contributed by atoms with E-state index in [1.54, 1.807) is 7.05 Å². The molecule has 0 saturated heterocycles. The minimum absolute atomic E-state index is 0.0373. The number of amides is 1. The first-order valence-corrected chi connectivity index (χ1v) is 6.85. The maximum atomic E-state index is 12.1. The van der Waals surface area contributed by atoms with Crippen molar-refractivity contribution < 1.29 is 14.3 Å². The maximum Gasteiger partial charge on any atom is 0.325 e. The van der Waals surface area contributed by atoms with E-state index in [9.17, 15) is 9.59 Å². The summed E-state index contributed by atoms with van der Waals surface area (Å²) >= 11 is 0. The van der Waals surface area contributed by atoms with Gasteiger partial charge in [0.1, 0.15) is 6.54 Å². The molecule has 0 aliphatic rings. The fourth-order valence-corrected chi connectivity index (χ4v) is 1.82. The molecule has 110 valence electrons. The minimum Gasteiger partial charge on any atom is -0.468 e. The Morgan fingerprint density at radius 3 is 2.30 bits per heavy atom. The molecule has 1 aromatic rings. The number of methoxy groups -OCH3 is 1. The Hall–Kier alpha value is -1.84. The fraction of sp³-hybridized carbons (Fsp3) is 0.500. The summed E-state index contributed by atoms with van der Waals surface area (Å²) in [5, 5.41) is 0. The molecule has 4 heteroatoms. The molecule has 0 aliphatic carbocycles. The van der Waals surface area contributed by atoms with Gasteiger partial charge in [-0.25, -0.2) is 0 Å². The van der Waals surface area contributed by atoms with Crippen LogP contribution in [0.3, 0.4) is 0 Å². The van der Waals surface area contributed by atoms with Crippen LogP contribution in [0.5, 0.6) is 0 Å². The summed E-state index contributed by atoms with van der Waals surface area (Å²) in [6, 6.07) is 7.57. The second-order valence-corrected chi connectivity index (χ2v) is 5.37. The number of aryl methyl sites for hydroxylation is 1. The highest BCUT2D eigenvalue weighted by Gasteiger charge is 2.14. The molecule has 0 aliphatic heterocycles. The monoisotopic (exact) mass is 277 g/mol. The van der Waals surface area contributed by atoms with Gasteiger partial charge in [0.2, 0.25) is 0 Å². The van der Waals surface area contributed by atoms with Crippen LogP contribution >= 0.6 is 0 Å². The van der Waals surface area contributed by atoms with E-state index in [1.165, 1.54) is 17.6 Å². The number of carbonyl (C=O) groups is 2. The molecule has 0 fully saturated rings. The molecule has 20 heavy (non-hydrogen) atoms. The predicted octanol–water partition coefficient (Wildman–Crippen LogP) is 2.52. The molecule has 0 atom stereocenters. The number of ether oxygens (including phenoxy) is 1. The summed E-state index contributed by atoms with van der Waals surface area (Å²) in [6.45, 7) is 4.35. The van der Waals surface area contributed by atoms with Gasteiger partial charge in [-0.15, -0.1) is 0 Å². The Kier molecular flexibility index (Phi) is 6.22. The van der Waals surface area contributed by atoms with Crippen LogP contribution in [0.25, 0.3) is 0 Å². The molecule has 0 unspecified atom stereocenters. The Bertz CT molecular complexity index is 451. The molecule has 1 amide bonds. The van der Waals surface area contributed by atoms with Crippen LogP contribution in [0, 0.1) is 5.92 Å². The summed E-state index contributed by atoms with van der Waals surface area (Å²) in [5.41, 5.74) is 1.82. The normalized spacial score (nSPS) is 10.4. The van der Waals surface area contributed by atoms with E-state index in [0.29, 0.717) is 11.5 Å². The highest BCUT2D eigenvalue weighted by molar-refractivity contribution is 5.95. The zero-order valence-electron chi connectivity index (χ0n) is 12.7. The zero-order valence-corrected chi connectivity index (χ0v) is 12.7. The van der Waals surface area contributed by atoms with Crippen molar-refractivity contribution in [2.24, 2.45) is 5.92 Å². The second kappa shape index (κ2) is 7.68. The van der Waals surface area contributed by atoms with Gasteiger partial charge in [-0.05, 0) is 36.5 Å². The third-order valence-electron chi connectivity index (χ3n) is 3.15. The van der Waals surface area contributed by atoms with Gasteiger partial charge in [-0.2, -0.15) is 0 Å². The van der Waals surface area contributed by atoms with Crippen molar-refractivity contribution in [3.63, 3.8) is 0 Å². The fourth-order valence-electron chi connectivity index (χ4n) is 1.82. The van der Waals surface area contributed by atoms with Crippen molar-refractivity contribution in [2.45, 2.75) is 26.7 Å². The maximum absolute atomic E-state index is 12.1. The number of esters is 1. The molecule has 4 nitrogen and oxygen atoms in total. The Morgan fingerprint density at radius 2 is 1.80 bits per heavy atom. The highest BCUT2D eigenvalue weighted by atomic mass is 16.5. The first-order valence-electron chi connectivity index (χ1n) is 6.85. The summed E-state index contributed by atoms with van der Waals surface area (Å²) in [6.07, 6.45) is 2.15. The first-order chi connectivity index (χ1) is 9.43. The van der Waals surface area contributed by atoms with E-state index in [-0.39, 0.29) is 12.5 Å². The molecular weight excluding hydrogens is 254 g/mol. The van der Waals surface area contributed by atoms with Gasteiger partial charge in [-0.3, -0.25) is 9.59 Å². The highest BCUT2D eigenvalue weighted by Crippen LogP contribution is 2.11. The predicted molar refractivity (Wildman–Crippen MR) is 78.6 cm³/mol.